The third kappa shape index (κ3) is 3.76. The molecule has 0 amide bonds. The molecule has 1 aliphatic rings. The van der Waals surface area contributed by atoms with Gasteiger partial charge < -0.3 is 5.73 Å². The Morgan fingerprint density at radius 3 is 2.50 bits per heavy atom. The SMILES string of the molecule is CC(C)CCN(C1CC1)C(CN)c1ccc(F)cc1F. The summed E-state index contributed by atoms with van der Waals surface area (Å²) in [7, 11) is 0. The van der Waals surface area contributed by atoms with Crippen molar-refractivity contribution < 1.29 is 8.78 Å². The van der Waals surface area contributed by atoms with Gasteiger partial charge in [0.05, 0.1) is 6.04 Å². The van der Waals surface area contributed by atoms with Crippen molar-refractivity contribution in [1.29, 1.82) is 0 Å². The van der Waals surface area contributed by atoms with Gasteiger partial charge >= 0.3 is 0 Å². The van der Waals surface area contributed by atoms with Gasteiger partial charge in [-0.3, -0.25) is 4.90 Å². The predicted molar refractivity (Wildman–Crippen MR) is 77.3 cm³/mol. The van der Waals surface area contributed by atoms with E-state index in [1.165, 1.54) is 12.1 Å². The number of halogens is 2. The van der Waals surface area contributed by atoms with Crippen LogP contribution in [-0.4, -0.2) is 24.0 Å². The number of nitrogens with zero attached hydrogens (tertiary/aromatic N) is 1. The van der Waals surface area contributed by atoms with Crippen molar-refractivity contribution >= 4 is 0 Å². The lowest BCUT2D eigenvalue weighted by molar-refractivity contribution is 0.177. The molecule has 0 aromatic heterocycles. The van der Waals surface area contributed by atoms with E-state index in [9.17, 15) is 8.78 Å². The van der Waals surface area contributed by atoms with Gasteiger partial charge in [-0.15, -0.1) is 0 Å². The summed E-state index contributed by atoms with van der Waals surface area (Å²) in [5.41, 5.74) is 6.40. The summed E-state index contributed by atoms with van der Waals surface area (Å²) in [6.45, 7) is 5.64. The second-order valence-electron chi connectivity index (χ2n) is 6.07. The lowest BCUT2D eigenvalue weighted by Crippen LogP contribution is -2.37. The van der Waals surface area contributed by atoms with E-state index in [2.05, 4.69) is 18.7 Å². The fraction of sp³-hybridized carbons (Fsp3) is 0.625. The summed E-state index contributed by atoms with van der Waals surface area (Å²) in [6.07, 6.45) is 3.37. The van der Waals surface area contributed by atoms with E-state index < -0.39 is 11.6 Å². The minimum absolute atomic E-state index is 0.151. The summed E-state index contributed by atoms with van der Waals surface area (Å²) < 4.78 is 27.1. The van der Waals surface area contributed by atoms with Crippen LogP contribution < -0.4 is 5.73 Å². The molecule has 0 saturated heterocycles. The summed E-state index contributed by atoms with van der Waals surface area (Å²) in [6, 6.07) is 4.15. The molecule has 0 heterocycles. The third-order valence-corrected chi connectivity index (χ3v) is 3.93. The average molecular weight is 282 g/mol. The number of hydrogen-bond donors (Lipinski definition) is 1. The maximum absolute atomic E-state index is 14.0. The molecule has 0 aliphatic heterocycles. The predicted octanol–water partition coefficient (Wildman–Crippen LogP) is 3.48. The lowest BCUT2D eigenvalue weighted by Gasteiger charge is -2.32. The van der Waals surface area contributed by atoms with Crippen LogP contribution in [0, 0.1) is 17.6 Å². The molecule has 112 valence electrons. The number of rotatable bonds is 7. The molecule has 1 saturated carbocycles. The molecular weight excluding hydrogens is 258 g/mol. The van der Waals surface area contributed by atoms with Crippen molar-refractivity contribution in [2.75, 3.05) is 13.1 Å². The summed E-state index contributed by atoms with van der Waals surface area (Å²) in [5, 5.41) is 0. The highest BCUT2D eigenvalue weighted by molar-refractivity contribution is 5.23. The Bertz CT molecular complexity index is 444. The maximum atomic E-state index is 14.0. The second kappa shape index (κ2) is 6.64. The zero-order valence-corrected chi connectivity index (χ0v) is 12.3. The molecule has 1 aromatic rings. The average Bonchev–Trinajstić information content (AvgIpc) is 3.19. The van der Waals surface area contributed by atoms with Crippen molar-refractivity contribution in [2.45, 2.75) is 45.2 Å². The zero-order chi connectivity index (χ0) is 14.7. The van der Waals surface area contributed by atoms with Crippen LogP contribution in [0.2, 0.25) is 0 Å². The van der Waals surface area contributed by atoms with Crippen LogP contribution in [0.25, 0.3) is 0 Å². The highest BCUT2D eigenvalue weighted by atomic mass is 19.1. The van der Waals surface area contributed by atoms with E-state index in [0.717, 1.165) is 31.9 Å². The summed E-state index contributed by atoms with van der Waals surface area (Å²) in [4.78, 5) is 2.30. The quantitative estimate of drug-likeness (QED) is 0.829. The number of benzene rings is 1. The number of hydrogen-bond acceptors (Lipinski definition) is 2. The van der Waals surface area contributed by atoms with Crippen LogP contribution in [0.3, 0.4) is 0 Å². The summed E-state index contributed by atoms with van der Waals surface area (Å²) in [5.74, 6) is -0.425. The zero-order valence-electron chi connectivity index (χ0n) is 12.3. The van der Waals surface area contributed by atoms with Crippen molar-refractivity contribution in [2.24, 2.45) is 11.7 Å². The first kappa shape index (κ1) is 15.4. The first-order valence-electron chi connectivity index (χ1n) is 7.43. The van der Waals surface area contributed by atoms with Crippen LogP contribution in [0.1, 0.15) is 44.7 Å². The Morgan fingerprint density at radius 1 is 1.30 bits per heavy atom. The van der Waals surface area contributed by atoms with Crippen molar-refractivity contribution in [3.63, 3.8) is 0 Å². The van der Waals surface area contributed by atoms with Crippen molar-refractivity contribution in [3.05, 3.63) is 35.4 Å². The summed E-state index contributed by atoms with van der Waals surface area (Å²) >= 11 is 0. The molecule has 1 atom stereocenters. The Hall–Kier alpha value is -1.00. The molecule has 20 heavy (non-hydrogen) atoms. The van der Waals surface area contributed by atoms with Gasteiger partial charge in [-0.2, -0.15) is 0 Å². The van der Waals surface area contributed by atoms with Crippen LogP contribution in [0.5, 0.6) is 0 Å². The maximum Gasteiger partial charge on any atom is 0.130 e. The van der Waals surface area contributed by atoms with E-state index in [4.69, 9.17) is 5.73 Å². The minimum Gasteiger partial charge on any atom is -0.329 e. The number of nitrogens with two attached hydrogens (primary N) is 1. The van der Waals surface area contributed by atoms with E-state index in [0.29, 0.717) is 24.1 Å². The van der Waals surface area contributed by atoms with Gasteiger partial charge in [-0.25, -0.2) is 8.78 Å². The van der Waals surface area contributed by atoms with Gasteiger partial charge in [0.1, 0.15) is 11.6 Å². The molecule has 0 radical (unpaired) electrons. The highest BCUT2D eigenvalue weighted by Gasteiger charge is 2.34. The first-order chi connectivity index (χ1) is 9.52. The fourth-order valence-electron chi connectivity index (χ4n) is 2.62. The van der Waals surface area contributed by atoms with Gasteiger partial charge in [0.15, 0.2) is 0 Å². The fourth-order valence-corrected chi connectivity index (χ4v) is 2.62. The van der Waals surface area contributed by atoms with Gasteiger partial charge in [-0.1, -0.05) is 19.9 Å². The van der Waals surface area contributed by atoms with Crippen LogP contribution in [0.4, 0.5) is 8.78 Å². The van der Waals surface area contributed by atoms with Crippen LogP contribution in [-0.2, 0) is 0 Å². The van der Waals surface area contributed by atoms with Gasteiger partial charge in [0.2, 0.25) is 0 Å². The van der Waals surface area contributed by atoms with Gasteiger partial charge in [0.25, 0.3) is 0 Å². The van der Waals surface area contributed by atoms with Crippen LogP contribution in [0.15, 0.2) is 18.2 Å². The molecule has 1 aromatic carbocycles. The minimum atomic E-state index is -0.540. The molecule has 1 aliphatic carbocycles. The van der Waals surface area contributed by atoms with E-state index in [-0.39, 0.29) is 6.04 Å². The Balaban J connectivity index is 2.18. The molecule has 1 fully saturated rings. The molecule has 2 rings (SSSR count). The standard InChI is InChI=1S/C16H24F2N2/c1-11(2)7-8-20(13-4-5-13)16(10-19)14-6-3-12(17)9-15(14)18/h3,6,9,11,13,16H,4-5,7-8,10,19H2,1-2H3. The monoisotopic (exact) mass is 282 g/mol. The largest absolute Gasteiger partial charge is 0.329 e. The molecular formula is C16H24F2N2. The highest BCUT2D eigenvalue weighted by Crippen LogP contribution is 2.35. The second-order valence-corrected chi connectivity index (χ2v) is 6.07. The molecule has 1 unspecified atom stereocenters. The van der Waals surface area contributed by atoms with Gasteiger partial charge in [-0.05, 0) is 37.8 Å². The van der Waals surface area contributed by atoms with Crippen LogP contribution >= 0.6 is 0 Å². The van der Waals surface area contributed by atoms with E-state index in [1.54, 1.807) is 0 Å². The molecule has 0 bridgehead atoms. The molecule has 2 N–H and O–H groups in total. The Labute approximate surface area is 120 Å². The van der Waals surface area contributed by atoms with E-state index >= 15 is 0 Å². The van der Waals surface area contributed by atoms with Gasteiger partial charge in [0, 0.05) is 24.2 Å². The topological polar surface area (TPSA) is 29.3 Å². The molecule has 4 heteroatoms. The first-order valence-corrected chi connectivity index (χ1v) is 7.43. The smallest absolute Gasteiger partial charge is 0.130 e. The lowest BCUT2D eigenvalue weighted by atomic mass is 10.0. The Morgan fingerprint density at radius 2 is 2.00 bits per heavy atom. The molecule has 2 nitrogen and oxygen atoms in total. The van der Waals surface area contributed by atoms with E-state index in [1.807, 2.05) is 0 Å². The normalized spacial score (nSPS) is 16.9. The third-order valence-electron chi connectivity index (χ3n) is 3.93. The Kier molecular flexibility index (Phi) is 5.11. The van der Waals surface area contributed by atoms with Crippen molar-refractivity contribution in [3.8, 4) is 0 Å². The van der Waals surface area contributed by atoms with Crippen molar-refractivity contribution in [1.82, 2.24) is 4.90 Å². The molecule has 0 spiro atoms.